The predicted molar refractivity (Wildman–Crippen MR) is 114 cm³/mol. The summed E-state index contributed by atoms with van der Waals surface area (Å²) in [6, 6.07) is 16.8. The zero-order valence-electron chi connectivity index (χ0n) is 16.6. The van der Waals surface area contributed by atoms with Crippen LogP contribution in [0.3, 0.4) is 0 Å². The lowest BCUT2D eigenvalue weighted by Gasteiger charge is -2.10. The number of carbonyl (C=O) groups excluding carboxylic acids is 1. The van der Waals surface area contributed by atoms with Crippen molar-refractivity contribution in [3.63, 3.8) is 0 Å². The molecule has 4 rings (SSSR count). The fourth-order valence-corrected chi connectivity index (χ4v) is 5.25. The van der Waals surface area contributed by atoms with E-state index in [-0.39, 0.29) is 23.5 Å². The lowest BCUT2D eigenvalue weighted by molar-refractivity contribution is 0.0941. The van der Waals surface area contributed by atoms with Gasteiger partial charge in [-0.25, -0.2) is 8.42 Å². The Morgan fingerprint density at radius 1 is 1.17 bits per heavy atom. The Hall–Kier alpha value is -3.13. The van der Waals surface area contributed by atoms with Crippen LogP contribution in [0.25, 0.3) is 11.3 Å². The van der Waals surface area contributed by atoms with E-state index in [1.807, 2.05) is 54.6 Å². The molecule has 0 radical (unpaired) electrons. The van der Waals surface area contributed by atoms with Gasteiger partial charge in [-0.3, -0.25) is 9.48 Å². The molecule has 0 spiro atoms. The topological polar surface area (TPSA) is 90.3 Å². The normalized spacial score (nSPS) is 17.6. The minimum Gasteiger partial charge on any atom is -0.497 e. The van der Waals surface area contributed by atoms with Gasteiger partial charge in [-0.2, -0.15) is 5.10 Å². The number of amides is 1. The fraction of sp³-hybridized carbons (Fsp3) is 0.273. The van der Waals surface area contributed by atoms with Crippen LogP contribution in [0.4, 0.5) is 0 Å². The van der Waals surface area contributed by atoms with Gasteiger partial charge in [-0.15, -0.1) is 0 Å². The minimum atomic E-state index is -3.08. The summed E-state index contributed by atoms with van der Waals surface area (Å²) in [5.41, 5.74) is 2.81. The third-order valence-corrected chi connectivity index (χ3v) is 6.89. The van der Waals surface area contributed by atoms with Gasteiger partial charge in [0.25, 0.3) is 5.91 Å². The van der Waals surface area contributed by atoms with Crippen molar-refractivity contribution in [1.29, 1.82) is 0 Å². The number of hydrogen-bond donors (Lipinski definition) is 1. The summed E-state index contributed by atoms with van der Waals surface area (Å²) in [6.45, 7) is 0.523. The number of rotatable bonds is 6. The molecule has 2 aromatic carbocycles. The van der Waals surface area contributed by atoms with E-state index in [2.05, 4.69) is 10.4 Å². The van der Waals surface area contributed by atoms with Gasteiger partial charge in [0.05, 0.1) is 30.7 Å². The van der Waals surface area contributed by atoms with Crippen molar-refractivity contribution < 1.29 is 17.9 Å². The first kappa shape index (κ1) is 20.2. The van der Waals surface area contributed by atoms with Crippen molar-refractivity contribution in [1.82, 2.24) is 15.1 Å². The number of sulfone groups is 1. The SMILES string of the molecule is COc1ccc(-c2nn(Cc3ccccc3)cc2C(=O)NC2CCS(=O)(=O)C2)cc1. The number of methoxy groups -OCH3 is 1. The molecule has 3 aromatic rings. The maximum Gasteiger partial charge on any atom is 0.255 e. The van der Waals surface area contributed by atoms with E-state index in [9.17, 15) is 13.2 Å². The van der Waals surface area contributed by atoms with Crippen LogP contribution in [0.15, 0.2) is 60.8 Å². The third-order valence-electron chi connectivity index (χ3n) is 5.12. The van der Waals surface area contributed by atoms with E-state index >= 15 is 0 Å². The fourth-order valence-electron chi connectivity index (χ4n) is 3.57. The summed E-state index contributed by atoms with van der Waals surface area (Å²) >= 11 is 0. The molecule has 1 N–H and O–H groups in total. The number of hydrogen-bond acceptors (Lipinski definition) is 5. The minimum absolute atomic E-state index is 0.0191. The van der Waals surface area contributed by atoms with Crippen molar-refractivity contribution in [3.05, 3.63) is 71.9 Å². The van der Waals surface area contributed by atoms with Crippen LogP contribution >= 0.6 is 0 Å². The number of ether oxygens (including phenoxy) is 1. The Bertz CT molecular complexity index is 1140. The Morgan fingerprint density at radius 3 is 2.53 bits per heavy atom. The van der Waals surface area contributed by atoms with Gasteiger partial charge in [0.1, 0.15) is 11.4 Å². The number of nitrogens with zero attached hydrogens (tertiary/aromatic N) is 2. The zero-order chi connectivity index (χ0) is 21.1. The lowest BCUT2D eigenvalue weighted by atomic mass is 10.1. The molecule has 1 fully saturated rings. The smallest absolute Gasteiger partial charge is 0.255 e. The first-order chi connectivity index (χ1) is 14.4. The number of aromatic nitrogens is 2. The highest BCUT2D eigenvalue weighted by atomic mass is 32.2. The molecule has 156 valence electrons. The molecule has 1 amide bonds. The standard InChI is InChI=1S/C22H23N3O4S/c1-29-19-9-7-17(8-10-19)21-20(22(26)23-18-11-12-30(27,28)15-18)14-25(24-21)13-16-5-3-2-4-6-16/h2-10,14,18H,11-13,15H2,1H3,(H,23,26). The second-order valence-corrected chi connectivity index (χ2v) is 9.61. The van der Waals surface area contributed by atoms with Gasteiger partial charge in [-0.1, -0.05) is 30.3 Å². The van der Waals surface area contributed by atoms with Crippen LogP contribution in [0.5, 0.6) is 5.75 Å². The molecule has 1 aliphatic rings. The number of benzene rings is 2. The third kappa shape index (κ3) is 4.54. The second-order valence-electron chi connectivity index (χ2n) is 7.38. The van der Waals surface area contributed by atoms with Crippen LogP contribution in [-0.4, -0.2) is 48.8 Å². The molecule has 30 heavy (non-hydrogen) atoms. The van der Waals surface area contributed by atoms with Gasteiger partial charge in [-0.05, 0) is 36.2 Å². The summed E-state index contributed by atoms with van der Waals surface area (Å²) in [5.74, 6) is 0.484. The van der Waals surface area contributed by atoms with Crippen molar-refractivity contribution in [2.75, 3.05) is 18.6 Å². The molecular formula is C22H23N3O4S. The predicted octanol–water partition coefficient (Wildman–Crippen LogP) is 2.52. The molecule has 1 atom stereocenters. The van der Waals surface area contributed by atoms with Gasteiger partial charge in [0.15, 0.2) is 9.84 Å². The highest BCUT2D eigenvalue weighted by Crippen LogP contribution is 2.25. The monoisotopic (exact) mass is 425 g/mol. The first-order valence-corrected chi connectivity index (χ1v) is 11.5. The van der Waals surface area contributed by atoms with Gasteiger partial charge < -0.3 is 10.1 Å². The molecule has 1 saturated heterocycles. The lowest BCUT2D eigenvalue weighted by Crippen LogP contribution is -2.35. The maximum absolute atomic E-state index is 13.0. The zero-order valence-corrected chi connectivity index (χ0v) is 17.4. The van der Waals surface area contributed by atoms with Gasteiger partial charge in [0, 0.05) is 17.8 Å². The van der Waals surface area contributed by atoms with E-state index in [1.54, 1.807) is 18.0 Å². The Kier molecular flexibility index (Phi) is 5.59. The van der Waals surface area contributed by atoms with Crippen LogP contribution in [0.1, 0.15) is 22.3 Å². The Balaban J connectivity index is 1.64. The van der Waals surface area contributed by atoms with E-state index in [0.717, 1.165) is 11.1 Å². The highest BCUT2D eigenvalue weighted by molar-refractivity contribution is 7.91. The number of carbonyl (C=O) groups is 1. The van der Waals surface area contributed by atoms with Crippen LogP contribution in [-0.2, 0) is 16.4 Å². The van der Waals surface area contributed by atoms with E-state index in [1.165, 1.54) is 0 Å². The summed E-state index contributed by atoms with van der Waals surface area (Å²) in [5, 5.41) is 7.52. The molecule has 8 heteroatoms. The van der Waals surface area contributed by atoms with Crippen molar-refractivity contribution in [2.24, 2.45) is 0 Å². The van der Waals surface area contributed by atoms with Crippen LogP contribution in [0.2, 0.25) is 0 Å². The highest BCUT2D eigenvalue weighted by Gasteiger charge is 2.30. The maximum atomic E-state index is 13.0. The Labute approximate surface area is 175 Å². The largest absolute Gasteiger partial charge is 0.497 e. The molecule has 1 unspecified atom stereocenters. The van der Waals surface area contributed by atoms with Crippen molar-refractivity contribution in [2.45, 2.75) is 19.0 Å². The van der Waals surface area contributed by atoms with Crippen LogP contribution < -0.4 is 10.1 Å². The Morgan fingerprint density at radius 2 is 1.90 bits per heavy atom. The van der Waals surface area contributed by atoms with Crippen LogP contribution in [0, 0.1) is 0 Å². The molecule has 0 saturated carbocycles. The second kappa shape index (κ2) is 8.31. The van der Waals surface area contributed by atoms with Gasteiger partial charge >= 0.3 is 0 Å². The molecule has 2 heterocycles. The molecule has 1 aliphatic heterocycles. The quantitative estimate of drug-likeness (QED) is 0.655. The average Bonchev–Trinajstić information content (AvgIpc) is 3.31. The first-order valence-electron chi connectivity index (χ1n) is 9.70. The summed E-state index contributed by atoms with van der Waals surface area (Å²) in [6.07, 6.45) is 2.15. The summed E-state index contributed by atoms with van der Waals surface area (Å²) in [4.78, 5) is 13.0. The van der Waals surface area contributed by atoms with E-state index < -0.39 is 9.84 Å². The summed E-state index contributed by atoms with van der Waals surface area (Å²) in [7, 11) is -1.48. The van der Waals surface area contributed by atoms with Crippen molar-refractivity contribution in [3.8, 4) is 17.0 Å². The molecule has 7 nitrogen and oxygen atoms in total. The van der Waals surface area contributed by atoms with Crippen molar-refractivity contribution >= 4 is 15.7 Å². The molecule has 0 aliphatic carbocycles. The van der Waals surface area contributed by atoms with E-state index in [0.29, 0.717) is 30.0 Å². The number of nitrogens with one attached hydrogen (secondary N) is 1. The molecule has 0 bridgehead atoms. The molecule has 1 aromatic heterocycles. The summed E-state index contributed by atoms with van der Waals surface area (Å²) < 4.78 is 30.4. The average molecular weight is 426 g/mol. The molecular weight excluding hydrogens is 402 g/mol. The van der Waals surface area contributed by atoms with Gasteiger partial charge in [0.2, 0.25) is 0 Å². The van der Waals surface area contributed by atoms with E-state index in [4.69, 9.17) is 4.74 Å².